The molecule has 1 unspecified atom stereocenters. The molecule has 0 spiro atoms. The third-order valence-corrected chi connectivity index (χ3v) is 1.84. The highest BCUT2D eigenvalue weighted by molar-refractivity contribution is 9.09. The van der Waals surface area contributed by atoms with Crippen molar-refractivity contribution < 1.29 is 9.47 Å². The highest BCUT2D eigenvalue weighted by Crippen LogP contribution is 2.13. The lowest BCUT2D eigenvalue weighted by Gasteiger charge is -2.20. The highest BCUT2D eigenvalue weighted by atomic mass is 79.9. The summed E-state index contributed by atoms with van der Waals surface area (Å²) in [5, 5.41) is 0.846. The van der Waals surface area contributed by atoms with Crippen LogP contribution >= 0.6 is 15.9 Å². The summed E-state index contributed by atoms with van der Waals surface area (Å²) in [7, 11) is 0. The van der Waals surface area contributed by atoms with Gasteiger partial charge in [-0.25, -0.2) is 0 Å². The zero-order chi connectivity index (χ0) is 6.69. The molecule has 0 amide bonds. The summed E-state index contributed by atoms with van der Waals surface area (Å²) < 4.78 is 10.1. The molecule has 0 aliphatic carbocycles. The van der Waals surface area contributed by atoms with Crippen LogP contribution in [0.15, 0.2) is 11.8 Å². The quantitative estimate of drug-likeness (QED) is 0.589. The third-order valence-electron chi connectivity index (χ3n) is 1.25. The van der Waals surface area contributed by atoms with E-state index in [-0.39, 0.29) is 6.10 Å². The van der Waals surface area contributed by atoms with Gasteiger partial charge in [0.2, 0.25) is 0 Å². The summed E-state index contributed by atoms with van der Waals surface area (Å²) in [6.45, 7) is 2.37. The fourth-order valence-corrected chi connectivity index (χ4v) is 1.36. The van der Waals surface area contributed by atoms with Crippen molar-refractivity contribution in [3.8, 4) is 0 Å². The van der Waals surface area contributed by atoms with E-state index >= 15 is 0 Å². The third kappa shape index (κ3) is 1.69. The van der Waals surface area contributed by atoms with Crippen molar-refractivity contribution in [2.45, 2.75) is 13.0 Å². The van der Waals surface area contributed by atoms with Crippen LogP contribution in [0.5, 0.6) is 0 Å². The van der Waals surface area contributed by atoms with Gasteiger partial charge in [0, 0.05) is 5.33 Å². The van der Waals surface area contributed by atoms with E-state index in [4.69, 9.17) is 9.47 Å². The first kappa shape index (κ1) is 7.09. The molecule has 0 N–H and O–H groups in total. The zero-order valence-corrected chi connectivity index (χ0v) is 6.85. The summed E-state index contributed by atoms with van der Waals surface area (Å²) in [4.78, 5) is 0. The smallest absolute Gasteiger partial charge is 0.188 e. The van der Waals surface area contributed by atoms with E-state index < -0.39 is 0 Å². The molecule has 0 saturated carbocycles. The van der Waals surface area contributed by atoms with Gasteiger partial charge in [0.1, 0.15) is 0 Å². The van der Waals surface area contributed by atoms with Crippen LogP contribution in [0, 0.1) is 0 Å². The molecule has 0 bridgehead atoms. The number of halogens is 1. The molecular formula is C6H9BrO2. The van der Waals surface area contributed by atoms with Gasteiger partial charge in [0.25, 0.3) is 0 Å². The van der Waals surface area contributed by atoms with Gasteiger partial charge < -0.3 is 9.47 Å². The lowest BCUT2D eigenvalue weighted by Crippen LogP contribution is -2.21. The average molecular weight is 193 g/mol. The van der Waals surface area contributed by atoms with Gasteiger partial charge in [-0.3, -0.25) is 0 Å². The van der Waals surface area contributed by atoms with Gasteiger partial charge in [-0.15, -0.1) is 0 Å². The Labute approximate surface area is 63.0 Å². The van der Waals surface area contributed by atoms with Crippen molar-refractivity contribution in [3.63, 3.8) is 0 Å². The minimum Gasteiger partial charge on any atom is -0.475 e. The minimum absolute atomic E-state index is 0.207. The second-order valence-electron chi connectivity index (χ2n) is 1.96. The molecule has 1 heterocycles. The SMILES string of the molecule is CC1=COCOC1CBr. The first-order valence-corrected chi connectivity index (χ1v) is 3.92. The Morgan fingerprint density at radius 2 is 2.67 bits per heavy atom. The van der Waals surface area contributed by atoms with Gasteiger partial charge in [0.15, 0.2) is 6.79 Å². The molecule has 0 aromatic heterocycles. The first-order valence-electron chi connectivity index (χ1n) is 2.80. The van der Waals surface area contributed by atoms with Gasteiger partial charge in [-0.2, -0.15) is 0 Å². The van der Waals surface area contributed by atoms with E-state index in [1.54, 1.807) is 6.26 Å². The minimum atomic E-state index is 0.207. The predicted octanol–water partition coefficient (Wildman–Crippen LogP) is 1.66. The Morgan fingerprint density at radius 3 is 3.11 bits per heavy atom. The lowest BCUT2D eigenvalue weighted by atomic mass is 10.2. The molecule has 52 valence electrons. The number of alkyl halides is 1. The maximum absolute atomic E-state index is 5.20. The van der Waals surface area contributed by atoms with Crippen LogP contribution in [0.2, 0.25) is 0 Å². The normalized spacial score (nSPS) is 26.9. The van der Waals surface area contributed by atoms with Crippen molar-refractivity contribution >= 4 is 15.9 Å². The van der Waals surface area contributed by atoms with Crippen molar-refractivity contribution in [3.05, 3.63) is 11.8 Å². The molecule has 1 aliphatic rings. The number of rotatable bonds is 1. The Kier molecular flexibility index (Phi) is 2.54. The van der Waals surface area contributed by atoms with E-state index in [9.17, 15) is 0 Å². The standard InChI is InChI=1S/C6H9BrO2/c1-5-3-8-4-9-6(5)2-7/h3,6H,2,4H2,1H3. The fraction of sp³-hybridized carbons (Fsp3) is 0.667. The Hall–Kier alpha value is -0.0200. The van der Waals surface area contributed by atoms with Crippen molar-refractivity contribution in [1.82, 2.24) is 0 Å². The molecule has 0 radical (unpaired) electrons. The maximum Gasteiger partial charge on any atom is 0.188 e. The number of hydrogen-bond acceptors (Lipinski definition) is 2. The van der Waals surface area contributed by atoms with Crippen LogP contribution in [0.3, 0.4) is 0 Å². The van der Waals surface area contributed by atoms with Gasteiger partial charge in [0.05, 0.1) is 12.4 Å². The summed E-state index contributed by atoms with van der Waals surface area (Å²) in [6, 6.07) is 0. The van der Waals surface area contributed by atoms with Crippen LogP contribution in [0.25, 0.3) is 0 Å². The van der Waals surface area contributed by atoms with Gasteiger partial charge in [-0.1, -0.05) is 15.9 Å². The molecule has 1 aliphatic heterocycles. The molecule has 0 aromatic rings. The molecule has 9 heavy (non-hydrogen) atoms. The zero-order valence-electron chi connectivity index (χ0n) is 5.26. The largest absolute Gasteiger partial charge is 0.475 e. The molecule has 0 aromatic carbocycles. The predicted molar refractivity (Wildman–Crippen MR) is 38.4 cm³/mol. The van der Waals surface area contributed by atoms with Crippen LogP contribution in [-0.2, 0) is 9.47 Å². The molecule has 1 rings (SSSR count). The van der Waals surface area contributed by atoms with Crippen LogP contribution < -0.4 is 0 Å². The van der Waals surface area contributed by atoms with E-state index in [1.807, 2.05) is 6.92 Å². The summed E-state index contributed by atoms with van der Waals surface area (Å²) in [5.74, 6) is 0. The fourth-order valence-electron chi connectivity index (χ4n) is 0.660. The summed E-state index contributed by atoms with van der Waals surface area (Å²) in [5.41, 5.74) is 1.14. The first-order chi connectivity index (χ1) is 4.34. The summed E-state index contributed by atoms with van der Waals surface area (Å²) in [6.07, 6.45) is 1.95. The van der Waals surface area contributed by atoms with E-state index in [1.165, 1.54) is 0 Å². The van der Waals surface area contributed by atoms with Crippen molar-refractivity contribution in [2.75, 3.05) is 12.1 Å². The molecule has 3 heteroatoms. The second kappa shape index (κ2) is 3.22. The Balaban J connectivity index is 2.50. The molecule has 0 fully saturated rings. The van der Waals surface area contributed by atoms with Crippen LogP contribution in [0.4, 0.5) is 0 Å². The molecule has 0 saturated heterocycles. The number of ether oxygens (including phenoxy) is 2. The number of hydrogen-bond donors (Lipinski definition) is 0. The van der Waals surface area contributed by atoms with Crippen LogP contribution in [-0.4, -0.2) is 18.2 Å². The van der Waals surface area contributed by atoms with E-state index in [0.29, 0.717) is 6.79 Å². The molecular weight excluding hydrogens is 184 g/mol. The topological polar surface area (TPSA) is 18.5 Å². The molecule has 2 nitrogen and oxygen atoms in total. The van der Waals surface area contributed by atoms with E-state index in [2.05, 4.69) is 15.9 Å². The van der Waals surface area contributed by atoms with Crippen LogP contribution in [0.1, 0.15) is 6.92 Å². The maximum atomic E-state index is 5.20. The monoisotopic (exact) mass is 192 g/mol. The lowest BCUT2D eigenvalue weighted by molar-refractivity contribution is -0.0552. The molecule has 1 atom stereocenters. The summed E-state index contributed by atoms with van der Waals surface area (Å²) >= 11 is 3.33. The van der Waals surface area contributed by atoms with Crippen molar-refractivity contribution in [2.24, 2.45) is 0 Å². The van der Waals surface area contributed by atoms with E-state index in [0.717, 1.165) is 10.9 Å². The van der Waals surface area contributed by atoms with Gasteiger partial charge in [-0.05, 0) is 12.5 Å². The second-order valence-corrected chi connectivity index (χ2v) is 2.60. The van der Waals surface area contributed by atoms with Gasteiger partial charge >= 0.3 is 0 Å². The average Bonchev–Trinajstić information content (AvgIpc) is 1.89. The Bertz CT molecular complexity index is 122. The Morgan fingerprint density at radius 1 is 1.89 bits per heavy atom. The van der Waals surface area contributed by atoms with Crippen molar-refractivity contribution in [1.29, 1.82) is 0 Å². The highest BCUT2D eigenvalue weighted by Gasteiger charge is 2.12.